The Balaban J connectivity index is 1.78. The van der Waals surface area contributed by atoms with Gasteiger partial charge < -0.3 is 16.0 Å². The van der Waals surface area contributed by atoms with Gasteiger partial charge in [0.25, 0.3) is 0 Å². The number of fused-ring (bicyclic) bond motifs is 1. The summed E-state index contributed by atoms with van der Waals surface area (Å²) in [5, 5.41) is 3.27. The third-order valence-electron chi connectivity index (χ3n) is 4.52. The van der Waals surface area contributed by atoms with Gasteiger partial charge in [-0.25, -0.2) is 0 Å². The van der Waals surface area contributed by atoms with Crippen LogP contribution in [0.15, 0.2) is 24.3 Å². The van der Waals surface area contributed by atoms with Crippen LogP contribution in [-0.4, -0.2) is 35.8 Å². The van der Waals surface area contributed by atoms with Crippen LogP contribution in [0.3, 0.4) is 0 Å². The zero-order chi connectivity index (χ0) is 14.8. The third kappa shape index (κ3) is 2.93. The first-order valence-electron chi connectivity index (χ1n) is 7.51. The van der Waals surface area contributed by atoms with Gasteiger partial charge in [-0.15, -0.1) is 0 Å². The Morgan fingerprint density at radius 3 is 2.71 bits per heavy atom. The van der Waals surface area contributed by atoms with Crippen molar-refractivity contribution in [1.29, 1.82) is 0 Å². The van der Waals surface area contributed by atoms with Gasteiger partial charge in [-0.1, -0.05) is 24.3 Å². The molecule has 1 saturated heterocycles. The van der Waals surface area contributed by atoms with Gasteiger partial charge in [0.05, 0.1) is 0 Å². The molecular formula is C16H21N3O2. The molecular weight excluding hydrogens is 266 g/mol. The summed E-state index contributed by atoms with van der Waals surface area (Å²) in [4.78, 5) is 26.0. The van der Waals surface area contributed by atoms with Gasteiger partial charge >= 0.3 is 0 Å². The number of primary amides is 1. The second-order valence-electron chi connectivity index (χ2n) is 5.98. The van der Waals surface area contributed by atoms with Gasteiger partial charge in [-0.2, -0.15) is 0 Å². The Kier molecular flexibility index (Phi) is 3.92. The normalized spacial score (nSPS) is 24.7. The molecule has 0 bridgehead atoms. The molecule has 1 aromatic rings. The number of hydrogen-bond donors (Lipinski definition) is 2. The van der Waals surface area contributed by atoms with E-state index >= 15 is 0 Å². The Morgan fingerprint density at radius 2 is 2.05 bits per heavy atom. The molecule has 0 saturated carbocycles. The van der Waals surface area contributed by atoms with Crippen molar-refractivity contribution in [2.45, 2.75) is 31.8 Å². The largest absolute Gasteiger partial charge is 0.368 e. The molecule has 1 aromatic carbocycles. The Morgan fingerprint density at radius 1 is 1.29 bits per heavy atom. The van der Waals surface area contributed by atoms with Crippen LogP contribution in [0, 0.1) is 5.92 Å². The van der Waals surface area contributed by atoms with Gasteiger partial charge in [0.15, 0.2) is 0 Å². The van der Waals surface area contributed by atoms with Crippen molar-refractivity contribution in [2.24, 2.45) is 11.7 Å². The fourth-order valence-electron chi connectivity index (χ4n) is 3.29. The minimum absolute atomic E-state index is 0.0435. The highest BCUT2D eigenvalue weighted by atomic mass is 16.2. The van der Waals surface area contributed by atoms with Gasteiger partial charge in [0.1, 0.15) is 6.04 Å². The number of amides is 2. The average Bonchev–Trinajstić information content (AvgIpc) is 2.98. The van der Waals surface area contributed by atoms with Crippen LogP contribution in [0.4, 0.5) is 0 Å². The molecule has 112 valence electrons. The number of benzene rings is 1. The highest BCUT2D eigenvalue weighted by Gasteiger charge is 2.34. The van der Waals surface area contributed by atoms with Crippen molar-refractivity contribution in [2.75, 3.05) is 13.1 Å². The van der Waals surface area contributed by atoms with E-state index in [1.165, 1.54) is 0 Å². The van der Waals surface area contributed by atoms with Crippen molar-refractivity contribution in [1.82, 2.24) is 10.2 Å². The van der Waals surface area contributed by atoms with Crippen molar-refractivity contribution < 1.29 is 9.59 Å². The molecule has 1 fully saturated rings. The third-order valence-corrected chi connectivity index (χ3v) is 4.52. The van der Waals surface area contributed by atoms with E-state index in [0.717, 1.165) is 30.6 Å². The van der Waals surface area contributed by atoms with Crippen LogP contribution >= 0.6 is 0 Å². The van der Waals surface area contributed by atoms with E-state index in [1.54, 1.807) is 4.90 Å². The summed E-state index contributed by atoms with van der Waals surface area (Å²) in [5.41, 5.74) is 7.75. The maximum absolute atomic E-state index is 12.6. The summed E-state index contributed by atoms with van der Waals surface area (Å²) in [6.07, 6.45) is 2.05. The molecule has 2 amide bonds. The Labute approximate surface area is 124 Å². The molecule has 3 N–H and O–H groups in total. The predicted octanol–water partition coefficient (Wildman–Crippen LogP) is 0.425. The number of nitrogens with zero attached hydrogens (tertiary/aromatic N) is 1. The number of nitrogens with two attached hydrogens (primary N) is 1. The minimum atomic E-state index is -0.512. The maximum atomic E-state index is 12.6. The molecule has 0 spiro atoms. The van der Waals surface area contributed by atoms with Gasteiger partial charge in [0.2, 0.25) is 11.8 Å². The maximum Gasteiger partial charge on any atom is 0.240 e. The molecule has 2 atom stereocenters. The second-order valence-corrected chi connectivity index (χ2v) is 5.98. The zero-order valence-corrected chi connectivity index (χ0v) is 12.0. The average molecular weight is 287 g/mol. The first-order valence-corrected chi connectivity index (χ1v) is 7.51. The molecule has 0 radical (unpaired) electrons. The molecule has 2 aliphatic rings. The van der Waals surface area contributed by atoms with Crippen LogP contribution < -0.4 is 11.1 Å². The Bertz CT molecular complexity index is 552. The summed E-state index contributed by atoms with van der Waals surface area (Å²) >= 11 is 0. The van der Waals surface area contributed by atoms with Crippen LogP contribution in [-0.2, 0) is 22.6 Å². The summed E-state index contributed by atoms with van der Waals surface area (Å²) in [6, 6.07) is 7.44. The van der Waals surface area contributed by atoms with Crippen LogP contribution in [0.1, 0.15) is 24.0 Å². The minimum Gasteiger partial charge on any atom is -0.368 e. The van der Waals surface area contributed by atoms with E-state index in [9.17, 15) is 9.59 Å². The first-order chi connectivity index (χ1) is 10.1. The quantitative estimate of drug-likeness (QED) is 0.846. The fraction of sp³-hybridized carbons (Fsp3) is 0.500. The van der Waals surface area contributed by atoms with Gasteiger partial charge in [0, 0.05) is 19.4 Å². The second kappa shape index (κ2) is 5.85. The smallest absolute Gasteiger partial charge is 0.240 e. The summed E-state index contributed by atoms with van der Waals surface area (Å²) in [6.45, 7) is 2.35. The van der Waals surface area contributed by atoms with Crippen molar-refractivity contribution in [3.05, 3.63) is 35.4 Å². The molecule has 21 heavy (non-hydrogen) atoms. The van der Waals surface area contributed by atoms with Crippen molar-refractivity contribution in [3.8, 4) is 0 Å². The number of carbonyl (C=O) groups is 2. The molecule has 2 aliphatic heterocycles. The van der Waals surface area contributed by atoms with Crippen molar-refractivity contribution in [3.63, 3.8) is 0 Å². The van der Waals surface area contributed by atoms with E-state index in [-0.39, 0.29) is 5.91 Å². The monoisotopic (exact) mass is 287 g/mol. The summed E-state index contributed by atoms with van der Waals surface area (Å²) < 4.78 is 0. The molecule has 5 nitrogen and oxygen atoms in total. The number of nitrogens with one attached hydrogen (secondary N) is 1. The van der Waals surface area contributed by atoms with Gasteiger partial charge in [-0.05, 0) is 36.6 Å². The van der Waals surface area contributed by atoms with E-state index in [2.05, 4.69) is 5.32 Å². The number of carbonyl (C=O) groups excluding carboxylic acids is 2. The van der Waals surface area contributed by atoms with E-state index < -0.39 is 11.9 Å². The number of rotatable bonds is 3. The predicted molar refractivity (Wildman–Crippen MR) is 79.3 cm³/mol. The summed E-state index contributed by atoms with van der Waals surface area (Å²) in [5.74, 6) is 0.00704. The molecule has 0 aliphatic carbocycles. The van der Waals surface area contributed by atoms with Crippen LogP contribution in [0.2, 0.25) is 0 Å². The lowest BCUT2D eigenvalue weighted by Crippen LogP contribution is -2.51. The highest BCUT2D eigenvalue weighted by molar-refractivity contribution is 5.87. The molecule has 3 rings (SSSR count). The molecule has 1 unspecified atom stereocenters. The highest BCUT2D eigenvalue weighted by Crippen LogP contribution is 2.25. The molecule has 0 aromatic heterocycles. The topological polar surface area (TPSA) is 75.4 Å². The number of hydrogen-bond acceptors (Lipinski definition) is 3. The van der Waals surface area contributed by atoms with Crippen LogP contribution in [0.25, 0.3) is 0 Å². The van der Waals surface area contributed by atoms with E-state index in [0.29, 0.717) is 25.3 Å². The van der Waals surface area contributed by atoms with Crippen LogP contribution in [0.5, 0.6) is 0 Å². The summed E-state index contributed by atoms with van der Waals surface area (Å²) in [7, 11) is 0. The SMILES string of the molecule is NC(=O)[C@@H]1Cc2ccccc2CN1C(=O)CC1CCNC1. The fourth-order valence-corrected chi connectivity index (χ4v) is 3.29. The van der Waals surface area contributed by atoms with Gasteiger partial charge in [-0.3, -0.25) is 9.59 Å². The van der Waals surface area contributed by atoms with E-state index in [4.69, 9.17) is 5.73 Å². The zero-order valence-electron chi connectivity index (χ0n) is 12.0. The lowest BCUT2D eigenvalue weighted by molar-refractivity contribution is -0.141. The van der Waals surface area contributed by atoms with Crippen molar-refractivity contribution >= 4 is 11.8 Å². The molecule has 5 heteroatoms. The lowest BCUT2D eigenvalue weighted by atomic mass is 9.92. The Hall–Kier alpha value is -1.88. The van der Waals surface area contributed by atoms with E-state index in [1.807, 2.05) is 24.3 Å². The molecule has 2 heterocycles. The first kappa shape index (κ1) is 14.1. The lowest BCUT2D eigenvalue weighted by Gasteiger charge is -2.35. The standard InChI is InChI=1S/C16H21N3O2/c17-16(21)14-8-12-3-1-2-4-13(12)10-19(14)15(20)7-11-5-6-18-9-11/h1-4,11,14,18H,5-10H2,(H2,17,21)/t11?,14-/m0/s1.